The fraction of sp³-hybridized carbons (Fsp3) is 0.538. The first-order valence-corrected chi connectivity index (χ1v) is 12.6. The first kappa shape index (κ1) is 24.7. The third kappa shape index (κ3) is 6.60. The molecule has 184 valence electrons. The molecule has 0 atom stereocenters. The lowest BCUT2D eigenvalue weighted by molar-refractivity contribution is 0.194. The highest BCUT2D eigenvalue weighted by Crippen LogP contribution is 2.29. The largest absolute Gasteiger partial charge is 0.354 e. The Labute approximate surface area is 207 Å². The van der Waals surface area contributed by atoms with E-state index in [0.29, 0.717) is 11.2 Å². The molecule has 1 saturated carbocycles. The van der Waals surface area contributed by atoms with Crippen LogP contribution in [0, 0.1) is 11.7 Å². The summed E-state index contributed by atoms with van der Waals surface area (Å²) in [5, 5.41) is 3.58. The van der Waals surface area contributed by atoms with Crippen LogP contribution in [0.15, 0.2) is 36.4 Å². The molecule has 1 aromatic carbocycles. The molecule has 1 aromatic heterocycles. The second-order valence-electron chi connectivity index (χ2n) is 9.72. The summed E-state index contributed by atoms with van der Waals surface area (Å²) in [6.07, 6.45) is 5.76. The van der Waals surface area contributed by atoms with Gasteiger partial charge < -0.3 is 15.1 Å². The number of nitrogens with one attached hydrogen (secondary N) is 1. The summed E-state index contributed by atoms with van der Waals surface area (Å²) < 4.78 is 13.3. The Kier molecular flexibility index (Phi) is 8.27. The Morgan fingerprint density at radius 3 is 2.38 bits per heavy atom. The van der Waals surface area contributed by atoms with E-state index in [-0.39, 0.29) is 11.8 Å². The molecule has 6 nitrogen and oxygen atoms in total. The number of nitrogens with zero attached hydrogens (tertiary/aromatic N) is 4. The molecule has 2 aliphatic rings. The molecule has 1 saturated heterocycles. The number of carbonyl (C=O) groups is 1. The van der Waals surface area contributed by atoms with Crippen LogP contribution in [0.2, 0.25) is 5.15 Å². The summed E-state index contributed by atoms with van der Waals surface area (Å²) >= 11 is 6.32. The van der Waals surface area contributed by atoms with Gasteiger partial charge in [-0.3, -0.25) is 4.90 Å². The molecule has 4 rings (SSSR count). The topological polar surface area (TPSA) is 51.7 Å². The first-order chi connectivity index (χ1) is 16.4. The summed E-state index contributed by atoms with van der Waals surface area (Å²) in [6.45, 7) is 4.97. The first-order valence-electron chi connectivity index (χ1n) is 12.3. The molecular weight excluding hydrogens is 453 g/mol. The van der Waals surface area contributed by atoms with E-state index in [0.717, 1.165) is 68.4 Å². The highest BCUT2D eigenvalue weighted by atomic mass is 35.5. The summed E-state index contributed by atoms with van der Waals surface area (Å²) in [4.78, 5) is 22.8. The standard InChI is InChI=1S/C26H35ClFN5O/c1-31(2)26(34)29-23-9-3-19(4-10-23)11-12-32-13-15-33(16-14-32)25-18-21(17-24(27)30-25)20-5-7-22(28)8-6-20/h5-8,17-19,23H,3-4,9-16H2,1-2H3,(H,29,34). The van der Waals surface area contributed by atoms with Gasteiger partial charge in [0.05, 0.1) is 0 Å². The van der Waals surface area contributed by atoms with Gasteiger partial charge in [-0.2, -0.15) is 0 Å². The molecule has 0 radical (unpaired) electrons. The number of benzene rings is 1. The van der Waals surface area contributed by atoms with Crippen LogP contribution in [0.3, 0.4) is 0 Å². The summed E-state index contributed by atoms with van der Waals surface area (Å²) in [5.74, 6) is 1.38. The van der Waals surface area contributed by atoms with Crippen molar-refractivity contribution in [2.24, 2.45) is 5.92 Å². The predicted molar refractivity (Wildman–Crippen MR) is 136 cm³/mol. The Hall–Kier alpha value is -2.38. The van der Waals surface area contributed by atoms with E-state index in [1.807, 2.05) is 12.1 Å². The lowest BCUT2D eigenvalue weighted by atomic mass is 9.84. The smallest absolute Gasteiger partial charge is 0.317 e. The molecule has 2 heterocycles. The van der Waals surface area contributed by atoms with Crippen molar-refractivity contribution in [3.05, 3.63) is 47.4 Å². The normalized spacial score (nSPS) is 21.4. The second kappa shape index (κ2) is 11.4. The van der Waals surface area contributed by atoms with Gasteiger partial charge in [0.2, 0.25) is 0 Å². The minimum Gasteiger partial charge on any atom is -0.354 e. The van der Waals surface area contributed by atoms with Gasteiger partial charge in [0, 0.05) is 46.3 Å². The van der Waals surface area contributed by atoms with Crippen molar-refractivity contribution >= 4 is 23.4 Å². The minimum absolute atomic E-state index is 0.0142. The van der Waals surface area contributed by atoms with E-state index in [9.17, 15) is 9.18 Å². The Morgan fingerprint density at radius 1 is 1.06 bits per heavy atom. The van der Waals surface area contributed by atoms with Gasteiger partial charge in [0.15, 0.2) is 0 Å². The van der Waals surface area contributed by atoms with Crippen molar-refractivity contribution in [1.29, 1.82) is 0 Å². The molecule has 8 heteroatoms. The van der Waals surface area contributed by atoms with E-state index < -0.39 is 0 Å². The van der Waals surface area contributed by atoms with Gasteiger partial charge in [0.1, 0.15) is 16.8 Å². The molecule has 0 spiro atoms. The number of pyridine rings is 1. The summed E-state index contributed by atoms with van der Waals surface area (Å²) in [5.41, 5.74) is 1.89. The molecule has 1 aliphatic carbocycles. The molecule has 1 aliphatic heterocycles. The van der Waals surface area contributed by atoms with Crippen LogP contribution in [0.25, 0.3) is 11.1 Å². The molecule has 0 bridgehead atoms. The van der Waals surface area contributed by atoms with E-state index in [4.69, 9.17) is 11.6 Å². The van der Waals surface area contributed by atoms with Gasteiger partial charge in [-0.15, -0.1) is 0 Å². The molecule has 0 unspecified atom stereocenters. The average molecular weight is 488 g/mol. The summed E-state index contributed by atoms with van der Waals surface area (Å²) in [7, 11) is 3.57. The van der Waals surface area contributed by atoms with E-state index in [1.165, 1.54) is 31.4 Å². The minimum atomic E-state index is -0.246. The number of hydrogen-bond acceptors (Lipinski definition) is 4. The van der Waals surface area contributed by atoms with Gasteiger partial charge in [-0.25, -0.2) is 14.2 Å². The quantitative estimate of drug-likeness (QED) is 0.590. The second-order valence-corrected chi connectivity index (χ2v) is 10.1. The molecule has 2 aromatic rings. The maximum absolute atomic E-state index is 13.3. The number of urea groups is 1. The fourth-order valence-electron chi connectivity index (χ4n) is 4.92. The number of anilines is 1. The Morgan fingerprint density at radius 2 is 1.74 bits per heavy atom. The highest BCUT2D eigenvalue weighted by Gasteiger charge is 2.24. The van der Waals surface area contributed by atoms with Crippen LogP contribution < -0.4 is 10.2 Å². The van der Waals surface area contributed by atoms with Crippen LogP contribution in [0.5, 0.6) is 0 Å². The van der Waals surface area contributed by atoms with Gasteiger partial charge >= 0.3 is 6.03 Å². The van der Waals surface area contributed by atoms with Crippen molar-refractivity contribution < 1.29 is 9.18 Å². The van der Waals surface area contributed by atoms with Gasteiger partial charge in [0.25, 0.3) is 0 Å². The number of carbonyl (C=O) groups excluding carboxylic acids is 1. The average Bonchev–Trinajstić information content (AvgIpc) is 2.84. The molecule has 34 heavy (non-hydrogen) atoms. The van der Waals surface area contributed by atoms with Gasteiger partial charge in [-0.05, 0) is 80.0 Å². The maximum atomic E-state index is 13.3. The molecule has 2 amide bonds. The third-order valence-corrected chi connectivity index (χ3v) is 7.28. The zero-order valence-corrected chi connectivity index (χ0v) is 20.9. The van der Waals surface area contributed by atoms with Crippen molar-refractivity contribution in [3.63, 3.8) is 0 Å². The highest BCUT2D eigenvalue weighted by molar-refractivity contribution is 6.29. The van der Waals surface area contributed by atoms with Gasteiger partial charge in [-0.1, -0.05) is 23.7 Å². The number of rotatable bonds is 6. The van der Waals surface area contributed by atoms with Crippen molar-refractivity contribution in [2.45, 2.75) is 38.1 Å². The SMILES string of the molecule is CN(C)C(=O)NC1CCC(CCN2CCN(c3cc(-c4ccc(F)cc4)cc(Cl)n3)CC2)CC1. The lowest BCUT2D eigenvalue weighted by Gasteiger charge is -2.37. The van der Waals surface area contributed by atoms with Crippen LogP contribution in [0.1, 0.15) is 32.1 Å². The Balaban J connectivity index is 1.23. The van der Waals surface area contributed by atoms with Crippen molar-refractivity contribution in [1.82, 2.24) is 20.1 Å². The molecular formula is C26H35ClFN5O. The number of halogens is 2. The number of aromatic nitrogens is 1. The van der Waals surface area contributed by atoms with Crippen molar-refractivity contribution in [3.8, 4) is 11.1 Å². The fourth-order valence-corrected chi connectivity index (χ4v) is 5.12. The maximum Gasteiger partial charge on any atom is 0.317 e. The van der Waals surface area contributed by atoms with Crippen LogP contribution in [-0.4, -0.2) is 73.7 Å². The predicted octanol–water partition coefficient (Wildman–Crippen LogP) is 4.88. The monoisotopic (exact) mass is 487 g/mol. The Bertz CT molecular complexity index is 954. The summed E-state index contributed by atoms with van der Waals surface area (Å²) in [6, 6.07) is 10.7. The van der Waals surface area contributed by atoms with Crippen LogP contribution >= 0.6 is 11.6 Å². The van der Waals surface area contributed by atoms with E-state index in [1.54, 1.807) is 31.1 Å². The zero-order chi connectivity index (χ0) is 24.1. The third-order valence-electron chi connectivity index (χ3n) is 7.09. The molecule has 2 fully saturated rings. The number of hydrogen-bond donors (Lipinski definition) is 1. The zero-order valence-electron chi connectivity index (χ0n) is 20.1. The number of piperazine rings is 1. The van der Waals surface area contributed by atoms with Crippen LogP contribution in [-0.2, 0) is 0 Å². The number of amides is 2. The molecule has 1 N–H and O–H groups in total. The van der Waals surface area contributed by atoms with Crippen molar-refractivity contribution in [2.75, 3.05) is 51.7 Å². The van der Waals surface area contributed by atoms with E-state index in [2.05, 4.69) is 20.1 Å². The van der Waals surface area contributed by atoms with E-state index >= 15 is 0 Å². The lowest BCUT2D eigenvalue weighted by Crippen LogP contribution is -2.47. The van der Waals surface area contributed by atoms with Crippen LogP contribution in [0.4, 0.5) is 15.0 Å².